The molecule has 9 heteroatoms. The van der Waals surface area contributed by atoms with Crippen LogP contribution in [0.15, 0.2) is 90.5 Å². The number of halogens is 1. The molecule has 0 atom stereocenters. The molecule has 0 unspecified atom stereocenters. The van der Waals surface area contributed by atoms with Crippen molar-refractivity contribution in [3.05, 3.63) is 113 Å². The van der Waals surface area contributed by atoms with Crippen LogP contribution in [0, 0.1) is 5.82 Å². The number of benzene rings is 4. The lowest BCUT2D eigenvalue weighted by molar-refractivity contribution is -0.122. The predicted molar refractivity (Wildman–Crippen MR) is 146 cm³/mol. The Balaban J connectivity index is 1.53. The standard InChI is InChI=1S/C31H23FN2O6/c1-2-39-30(37)20-11-14-22(15-12-20)34-29(36)25(28(35)33-31(34)38)17-24-23-9-5-3-7-19(23)13-16-27(24)40-18-21-8-4-6-10-26(21)32/h3-17H,2,18H2,1H3,(H,33,35,38)/b25-17+. The minimum atomic E-state index is -0.926. The van der Waals surface area contributed by atoms with E-state index < -0.39 is 29.6 Å². The molecule has 0 aromatic heterocycles. The fraction of sp³-hybridized carbons (Fsp3) is 0.0968. The first-order valence-electron chi connectivity index (χ1n) is 12.4. The van der Waals surface area contributed by atoms with Gasteiger partial charge in [-0.1, -0.05) is 48.5 Å². The van der Waals surface area contributed by atoms with Gasteiger partial charge in [0.15, 0.2) is 0 Å². The van der Waals surface area contributed by atoms with Crippen LogP contribution in [0.3, 0.4) is 0 Å². The molecule has 1 saturated heterocycles. The first-order valence-corrected chi connectivity index (χ1v) is 12.4. The number of hydrogen-bond donors (Lipinski definition) is 1. The van der Waals surface area contributed by atoms with Gasteiger partial charge >= 0.3 is 12.0 Å². The van der Waals surface area contributed by atoms with E-state index in [1.165, 1.54) is 36.4 Å². The number of fused-ring (bicyclic) bond motifs is 1. The molecule has 4 aromatic carbocycles. The van der Waals surface area contributed by atoms with Gasteiger partial charge in [-0.3, -0.25) is 14.9 Å². The van der Waals surface area contributed by atoms with Crippen LogP contribution in [-0.2, 0) is 20.9 Å². The van der Waals surface area contributed by atoms with Crippen molar-refractivity contribution in [1.29, 1.82) is 0 Å². The lowest BCUT2D eigenvalue weighted by Crippen LogP contribution is -2.54. The van der Waals surface area contributed by atoms with Gasteiger partial charge in [0.25, 0.3) is 11.8 Å². The van der Waals surface area contributed by atoms with Gasteiger partial charge in [0.1, 0.15) is 23.7 Å². The van der Waals surface area contributed by atoms with Gasteiger partial charge < -0.3 is 9.47 Å². The summed E-state index contributed by atoms with van der Waals surface area (Å²) in [5.74, 6) is -2.38. The molecule has 0 bridgehead atoms. The summed E-state index contributed by atoms with van der Waals surface area (Å²) in [7, 11) is 0. The summed E-state index contributed by atoms with van der Waals surface area (Å²) in [5, 5.41) is 3.70. The molecule has 1 fully saturated rings. The van der Waals surface area contributed by atoms with E-state index in [9.17, 15) is 23.6 Å². The molecule has 200 valence electrons. The zero-order chi connectivity index (χ0) is 28.2. The number of carbonyl (C=O) groups excluding carboxylic acids is 4. The predicted octanol–water partition coefficient (Wildman–Crippen LogP) is 5.40. The first-order chi connectivity index (χ1) is 19.4. The monoisotopic (exact) mass is 538 g/mol. The zero-order valence-electron chi connectivity index (χ0n) is 21.3. The van der Waals surface area contributed by atoms with Gasteiger partial charge in [-0.05, 0) is 60.2 Å². The highest BCUT2D eigenvalue weighted by Gasteiger charge is 2.37. The summed E-state index contributed by atoms with van der Waals surface area (Å²) in [6.45, 7) is 1.79. The lowest BCUT2D eigenvalue weighted by atomic mass is 9.99. The number of rotatable bonds is 7. The fourth-order valence-corrected chi connectivity index (χ4v) is 4.32. The smallest absolute Gasteiger partial charge is 0.338 e. The third-order valence-electron chi connectivity index (χ3n) is 6.30. The number of carbonyl (C=O) groups is 4. The van der Waals surface area contributed by atoms with Gasteiger partial charge in [0, 0.05) is 11.1 Å². The van der Waals surface area contributed by atoms with E-state index in [1.54, 1.807) is 43.3 Å². The number of urea groups is 1. The van der Waals surface area contributed by atoms with E-state index in [1.807, 2.05) is 18.2 Å². The number of imide groups is 2. The number of amides is 4. The van der Waals surface area contributed by atoms with Crippen molar-refractivity contribution in [1.82, 2.24) is 5.32 Å². The molecule has 40 heavy (non-hydrogen) atoms. The van der Waals surface area contributed by atoms with Crippen molar-refractivity contribution < 1.29 is 33.0 Å². The SMILES string of the molecule is CCOC(=O)c1ccc(N2C(=O)NC(=O)/C(=C\c3c(OCc4ccccc4F)ccc4ccccc34)C2=O)cc1. The highest BCUT2D eigenvalue weighted by molar-refractivity contribution is 6.39. The van der Waals surface area contributed by atoms with Gasteiger partial charge in [0.2, 0.25) is 0 Å². The van der Waals surface area contributed by atoms with E-state index in [0.29, 0.717) is 22.3 Å². The molecule has 4 amide bonds. The van der Waals surface area contributed by atoms with E-state index in [2.05, 4.69) is 5.32 Å². The molecule has 1 aliphatic heterocycles. The van der Waals surface area contributed by atoms with Crippen LogP contribution in [-0.4, -0.2) is 30.4 Å². The number of hydrogen-bond acceptors (Lipinski definition) is 6. The summed E-state index contributed by atoms with van der Waals surface area (Å²) in [6.07, 6.45) is 1.36. The van der Waals surface area contributed by atoms with Crippen molar-refractivity contribution in [2.24, 2.45) is 0 Å². The lowest BCUT2D eigenvalue weighted by Gasteiger charge is -2.26. The Labute approximate surface area is 228 Å². The largest absolute Gasteiger partial charge is 0.488 e. The third-order valence-corrected chi connectivity index (χ3v) is 6.30. The maximum atomic E-state index is 14.2. The Bertz CT molecular complexity index is 1680. The van der Waals surface area contributed by atoms with E-state index in [-0.39, 0.29) is 30.0 Å². The van der Waals surface area contributed by atoms with Gasteiger partial charge in [-0.15, -0.1) is 0 Å². The zero-order valence-corrected chi connectivity index (χ0v) is 21.3. The molecule has 0 saturated carbocycles. The summed E-state index contributed by atoms with van der Waals surface area (Å²) >= 11 is 0. The van der Waals surface area contributed by atoms with Crippen molar-refractivity contribution in [3.63, 3.8) is 0 Å². The average molecular weight is 539 g/mol. The van der Waals surface area contributed by atoms with Crippen molar-refractivity contribution in [2.45, 2.75) is 13.5 Å². The fourth-order valence-electron chi connectivity index (χ4n) is 4.32. The minimum Gasteiger partial charge on any atom is -0.488 e. The second-order valence-corrected chi connectivity index (χ2v) is 8.80. The van der Waals surface area contributed by atoms with Crippen LogP contribution in [0.2, 0.25) is 0 Å². The van der Waals surface area contributed by atoms with Gasteiger partial charge in [-0.25, -0.2) is 18.9 Å². The maximum Gasteiger partial charge on any atom is 0.338 e. The van der Waals surface area contributed by atoms with Crippen LogP contribution in [0.1, 0.15) is 28.4 Å². The summed E-state index contributed by atoms with van der Waals surface area (Å²) in [5.41, 5.74) is 0.849. The molecule has 1 aliphatic rings. The highest BCUT2D eigenvalue weighted by Crippen LogP contribution is 2.32. The Morgan fingerprint density at radius 3 is 2.40 bits per heavy atom. The number of ether oxygens (including phenoxy) is 2. The molecule has 0 radical (unpaired) electrons. The molecule has 8 nitrogen and oxygen atoms in total. The van der Waals surface area contributed by atoms with Crippen molar-refractivity contribution in [3.8, 4) is 5.75 Å². The number of anilines is 1. The molecular formula is C31H23FN2O6. The molecule has 1 heterocycles. The van der Waals surface area contributed by atoms with E-state index in [0.717, 1.165) is 10.3 Å². The van der Waals surface area contributed by atoms with E-state index in [4.69, 9.17) is 9.47 Å². The van der Waals surface area contributed by atoms with Crippen LogP contribution >= 0.6 is 0 Å². The topological polar surface area (TPSA) is 102 Å². The van der Waals surface area contributed by atoms with Crippen molar-refractivity contribution >= 4 is 46.4 Å². The van der Waals surface area contributed by atoms with Crippen LogP contribution in [0.25, 0.3) is 16.8 Å². The number of barbiturate groups is 1. The number of esters is 1. The Morgan fingerprint density at radius 2 is 1.65 bits per heavy atom. The molecular weight excluding hydrogens is 515 g/mol. The number of nitrogens with one attached hydrogen (secondary N) is 1. The van der Waals surface area contributed by atoms with Gasteiger partial charge in [0.05, 0.1) is 17.9 Å². The van der Waals surface area contributed by atoms with E-state index >= 15 is 0 Å². The summed E-state index contributed by atoms with van der Waals surface area (Å²) < 4.78 is 25.1. The molecule has 5 rings (SSSR count). The molecule has 0 aliphatic carbocycles. The number of nitrogens with zero attached hydrogens (tertiary/aromatic N) is 1. The summed E-state index contributed by atoms with van der Waals surface area (Å²) in [4.78, 5) is 51.9. The van der Waals surface area contributed by atoms with Crippen LogP contribution < -0.4 is 15.0 Å². The average Bonchev–Trinajstić information content (AvgIpc) is 2.95. The molecule has 0 spiro atoms. The van der Waals surface area contributed by atoms with Crippen LogP contribution in [0.4, 0.5) is 14.9 Å². The van der Waals surface area contributed by atoms with Crippen molar-refractivity contribution in [2.75, 3.05) is 11.5 Å². The Hall–Kier alpha value is -5.31. The quantitative estimate of drug-likeness (QED) is 0.192. The minimum absolute atomic E-state index is 0.0846. The summed E-state index contributed by atoms with van der Waals surface area (Å²) in [6, 6.07) is 21.8. The Morgan fingerprint density at radius 1 is 0.925 bits per heavy atom. The normalized spacial score (nSPS) is 14.4. The first kappa shape index (κ1) is 26.3. The van der Waals surface area contributed by atoms with Gasteiger partial charge in [-0.2, -0.15) is 0 Å². The highest BCUT2D eigenvalue weighted by atomic mass is 19.1. The third kappa shape index (κ3) is 5.17. The second kappa shape index (κ2) is 11.2. The molecule has 4 aromatic rings. The Kier molecular flexibility index (Phi) is 7.37. The van der Waals surface area contributed by atoms with Crippen LogP contribution in [0.5, 0.6) is 5.75 Å². The second-order valence-electron chi connectivity index (χ2n) is 8.80. The molecule has 1 N–H and O–H groups in total. The maximum absolute atomic E-state index is 14.2.